The van der Waals surface area contributed by atoms with Gasteiger partial charge in [0.25, 0.3) is 11.7 Å². The van der Waals surface area contributed by atoms with E-state index in [1.807, 2.05) is 24.3 Å². The summed E-state index contributed by atoms with van der Waals surface area (Å²) in [7, 11) is 3.07. The number of nitrogens with one attached hydrogen (secondary N) is 1. The van der Waals surface area contributed by atoms with Crippen molar-refractivity contribution in [1.82, 2.24) is 9.72 Å². The lowest BCUT2D eigenvalue weighted by atomic mass is 10.0. The minimum absolute atomic E-state index is 0.277. The van der Waals surface area contributed by atoms with E-state index in [9.17, 15) is 9.59 Å². The lowest BCUT2D eigenvalue weighted by Crippen LogP contribution is -2.40. The Morgan fingerprint density at radius 2 is 1.96 bits per heavy atom. The van der Waals surface area contributed by atoms with E-state index in [1.165, 1.54) is 14.2 Å². The fraction of sp³-hybridized carbons (Fsp3) is 0.238. The highest BCUT2D eigenvalue weighted by atomic mass is 35.5. The van der Waals surface area contributed by atoms with Crippen molar-refractivity contribution in [3.05, 3.63) is 59.4 Å². The number of halogens is 1. The summed E-state index contributed by atoms with van der Waals surface area (Å²) in [4.78, 5) is 25.6. The normalized spacial score (nSPS) is 12.0. The number of hydrogen-bond donors (Lipinski definition) is 1. The summed E-state index contributed by atoms with van der Waals surface area (Å²) in [5.74, 6) is -0.779. The fourth-order valence-electron chi connectivity index (χ4n) is 3.10. The number of ketones is 1. The number of Topliss-reactive ketones (excluding diaryl/α,β-unsaturated/α-hetero) is 1. The van der Waals surface area contributed by atoms with E-state index in [0.717, 1.165) is 11.1 Å². The summed E-state index contributed by atoms with van der Waals surface area (Å²) in [5.41, 5.74) is 2.41. The van der Waals surface area contributed by atoms with Crippen molar-refractivity contribution in [2.45, 2.75) is 13.0 Å². The van der Waals surface area contributed by atoms with Crippen LogP contribution in [-0.4, -0.2) is 43.0 Å². The molecule has 0 spiro atoms. The van der Waals surface area contributed by atoms with Crippen LogP contribution in [0.15, 0.2) is 48.7 Å². The van der Waals surface area contributed by atoms with Crippen molar-refractivity contribution < 1.29 is 19.1 Å². The lowest BCUT2D eigenvalue weighted by molar-refractivity contribution is -0.117. The zero-order chi connectivity index (χ0) is 20.3. The SMILES string of the molecule is COC[C@H](C)NC(=O)C(=O)c1c(-c2ccc(OC)c(Cl)c2)cc2ccccn12. The Morgan fingerprint density at radius 3 is 2.64 bits per heavy atom. The van der Waals surface area contributed by atoms with Crippen LogP contribution in [0.1, 0.15) is 17.4 Å². The molecule has 0 fully saturated rings. The number of rotatable bonds is 7. The maximum absolute atomic E-state index is 13.0. The number of nitrogens with zero attached hydrogens (tertiary/aromatic N) is 1. The lowest BCUT2D eigenvalue weighted by Gasteiger charge is -2.13. The van der Waals surface area contributed by atoms with Gasteiger partial charge in [0.2, 0.25) is 0 Å². The Hall–Kier alpha value is -2.83. The van der Waals surface area contributed by atoms with E-state index >= 15 is 0 Å². The molecule has 3 rings (SSSR count). The van der Waals surface area contributed by atoms with Crippen molar-refractivity contribution in [1.29, 1.82) is 0 Å². The maximum atomic E-state index is 13.0. The highest BCUT2D eigenvalue weighted by molar-refractivity contribution is 6.43. The van der Waals surface area contributed by atoms with Crippen molar-refractivity contribution in [2.24, 2.45) is 0 Å². The monoisotopic (exact) mass is 400 g/mol. The molecule has 28 heavy (non-hydrogen) atoms. The first-order valence-corrected chi connectivity index (χ1v) is 9.12. The first-order chi connectivity index (χ1) is 13.5. The molecule has 0 aliphatic heterocycles. The smallest absolute Gasteiger partial charge is 0.294 e. The van der Waals surface area contributed by atoms with E-state index in [-0.39, 0.29) is 11.7 Å². The molecule has 0 aliphatic carbocycles. The summed E-state index contributed by atoms with van der Waals surface area (Å²) in [5, 5.41) is 3.09. The van der Waals surface area contributed by atoms with Gasteiger partial charge in [0.1, 0.15) is 11.4 Å². The number of benzene rings is 1. The number of carbonyl (C=O) groups is 2. The number of hydrogen-bond acceptors (Lipinski definition) is 4. The fourth-order valence-corrected chi connectivity index (χ4v) is 3.36. The van der Waals surface area contributed by atoms with Gasteiger partial charge in [-0.05, 0) is 42.8 Å². The van der Waals surface area contributed by atoms with Crippen LogP contribution >= 0.6 is 11.6 Å². The molecule has 0 unspecified atom stereocenters. The molecule has 0 aliphatic rings. The minimum Gasteiger partial charge on any atom is -0.495 e. The van der Waals surface area contributed by atoms with Gasteiger partial charge >= 0.3 is 0 Å². The predicted molar refractivity (Wildman–Crippen MR) is 108 cm³/mol. The molecule has 2 heterocycles. The van der Waals surface area contributed by atoms with Gasteiger partial charge in [-0.15, -0.1) is 0 Å². The molecule has 7 heteroatoms. The Balaban J connectivity index is 2.08. The number of methoxy groups -OCH3 is 2. The second-order valence-electron chi connectivity index (χ2n) is 6.41. The molecule has 0 saturated heterocycles. The van der Waals surface area contributed by atoms with Gasteiger partial charge in [0.05, 0.1) is 18.7 Å². The molecular formula is C21H21ClN2O4. The minimum atomic E-state index is -0.686. The van der Waals surface area contributed by atoms with Crippen molar-refractivity contribution >= 4 is 28.8 Å². The molecule has 1 N–H and O–H groups in total. The Kier molecular flexibility index (Phi) is 6.02. The van der Waals surface area contributed by atoms with Crippen LogP contribution in [0.25, 0.3) is 16.6 Å². The molecule has 0 bridgehead atoms. The molecule has 0 saturated carbocycles. The van der Waals surface area contributed by atoms with Crippen LogP contribution in [0.3, 0.4) is 0 Å². The number of carbonyl (C=O) groups excluding carboxylic acids is 2. The first-order valence-electron chi connectivity index (χ1n) is 8.74. The highest BCUT2D eigenvalue weighted by Crippen LogP contribution is 2.33. The zero-order valence-electron chi connectivity index (χ0n) is 15.9. The largest absolute Gasteiger partial charge is 0.495 e. The Bertz CT molecular complexity index is 1030. The van der Waals surface area contributed by atoms with E-state index in [4.69, 9.17) is 21.1 Å². The third-order valence-electron chi connectivity index (χ3n) is 4.36. The summed E-state index contributed by atoms with van der Waals surface area (Å²) < 4.78 is 11.9. The van der Waals surface area contributed by atoms with E-state index in [2.05, 4.69) is 5.32 Å². The highest BCUT2D eigenvalue weighted by Gasteiger charge is 2.25. The van der Waals surface area contributed by atoms with Crippen molar-refractivity contribution in [2.75, 3.05) is 20.8 Å². The molecule has 146 valence electrons. The van der Waals surface area contributed by atoms with Crippen LogP contribution in [0.2, 0.25) is 5.02 Å². The Labute approximate surface area is 168 Å². The number of pyridine rings is 1. The predicted octanol–water partition coefficient (Wildman–Crippen LogP) is 3.60. The third-order valence-corrected chi connectivity index (χ3v) is 4.65. The molecule has 1 atom stereocenters. The molecule has 6 nitrogen and oxygen atoms in total. The second-order valence-corrected chi connectivity index (χ2v) is 6.82. The quantitative estimate of drug-likeness (QED) is 0.486. The molecule has 0 radical (unpaired) electrons. The van der Waals surface area contributed by atoms with Crippen LogP contribution in [-0.2, 0) is 9.53 Å². The van der Waals surface area contributed by atoms with Crippen molar-refractivity contribution in [3.8, 4) is 16.9 Å². The van der Waals surface area contributed by atoms with Gasteiger partial charge in [-0.2, -0.15) is 0 Å². The standard InChI is InChI=1S/C21H21ClN2O4/c1-13(12-27-2)23-21(26)20(25)19-16(11-15-6-4-5-9-24(15)19)14-7-8-18(28-3)17(22)10-14/h4-11,13H,12H2,1-3H3,(H,23,26)/t13-/m0/s1. The summed E-state index contributed by atoms with van der Waals surface area (Å²) >= 11 is 6.27. The molecule has 2 aromatic heterocycles. The number of aromatic nitrogens is 1. The topological polar surface area (TPSA) is 69.0 Å². The first kappa shape index (κ1) is 19.9. The summed E-state index contributed by atoms with van der Waals surface area (Å²) in [6.07, 6.45) is 1.75. The van der Waals surface area contributed by atoms with Gasteiger partial charge in [-0.3, -0.25) is 9.59 Å². The molecular weight excluding hydrogens is 380 g/mol. The average molecular weight is 401 g/mol. The molecule has 1 amide bonds. The van der Waals surface area contributed by atoms with Gasteiger partial charge < -0.3 is 19.2 Å². The van der Waals surface area contributed by atoms with Gasteiger partial charge in [0, 0.05) is 30.4 Å². The van der Waals surface area contributed by atoms with Gasteiger partial charge in [-0.25, -0.2) is 0 Å². The summed E-state index contributed by atoms with van der Waals surface area (Å²) in [6, 6.07) is 12.4. The van der Waals surface area contributed by atoms with Crippen LogP contribution < -0.4 is 10.1 Å². The van der Waals surface area contributed by atoms with Crippen molar-refractivity contribution in [3.63, 3.8) is 0 Å². The second kappa shape index (κ2) is 8.46. The average Bonchev–Trinajstić information content (AvgIpc) is 3.06. The summed E-state index contributed by atoms with van der Waals surface area (Å²) in [6.45, 7) is 2.09. The third kappa shape index (κ3) is 3.88. The van der Waals surface area contributed by atoms with Crippen LogP contribution in [0.5, 0.6) is 5.75 Å². The molecule has 1 aromatic carbocycles. The number of ether oxygens (including phenoxy) is 2. The van der Waals surface area contributed by atoms with Gasteiger partial charge in [0.15, 0.2) is 0 Å². The molecule has 3 aromatic rings. The number of fused-ring (bicyclic) bond motifs is 1. The van der Waals surface area contributed by atoms with E-state index < -0.39 is 11.7 Å². The van der Waals surface area contributed by atoms with Crippen LogP contribution in [0.4, 0.5) is 0 Å². The Morgan fingerprint density at radius 1 is 1.18 bits per heavy atom. The van der Waals surface area contributed by atoms with Gasteiger partial charge in [-0.1, -0.05) is 23.7 Å². The van der Waals surface area contributed by atoms with Crippen LogP contribution in [0, 0.1) is 0 Å². The number of amides is 1. The van der Waals surface area contributed by atoms with E-state index in [0.29, 0.717) is 22.9 Å². The maximum Gasteiger partial charge on any atom is 0.294 e. The zero-order valence-corrected chi connectivity index (χ0v) is 16.6. The van der Waals surface area contributed by atoms with E-state index in [1.54, 1.807) is 35.7 Å².